The second-order valence-corrected chi connectivity index (χ2v) is 7.65. The Kier molecular flexibility index (Phi) is 4.25. The fraction of sp³-hybridized carbons (Fsp3) is 0.190. The molecule has 2 aromatic carbocycles. The number of hydrogen-bond acceptors (Lipinski definition) is 6. The Bertz CT molecular complexity index is 1150. The lowest BCUT2D eigenvalue weighted by Crippen LogP contribution is -2.45. The number of benzene rings is 2. The summed E-state index contributed by atoms with van der Waals surface area (Å²) < 4.78 is 25.6. The molecule has 1 aliphatic carbocycles. The molecule has 30 heavy (non-hydrogen) atoms. The Morgan fingerprint density at radius 2 is 2.03 bits per heavy atom. The molecule has 0 bridgehead atoms. The van der Waals surface area contributed by atoms with Crippen molar-refractivity contribution in [1.82, 2.24) is 15.1 Å². The number of amides is 1. The van der Waals surface area contributed by atoms with Gasteiger partial charge in [0, 0.05) is 23.3 Å². The summed E-state index contributed by atoms with van der Waals surface area (Å²) in [7, 11) is 0. The number of fused-ring (bicyclic) bond motifs is 2. The number of nitrogens with two attached hydrogens (primary N) is 1. The molecule has 2 N–H and O–H groups in total. The van der Waals surface area contributed by atoms with Crippen LogP contribution < -0.4 is 15.2 Å². The Morgan fingerprint density at radius 3 is 2.77 bits per heavy atom. The monoisotopic (exact) mass is 426 g/mol. The van der Waals surface area contributed by atoms with Gasteiger partial charge in [0.25, 0.3) is 0 Å². The molecular formula is C21H16ClFN4O3. The lowest BCUT2D eigenvalue weighted by Gasteiger charge is -2.37. The van der Waals surface area contributed by atoms with Gasteiger partial charge in [-0.25, -0.2) is 9.18 Å². The van der Waals surface area contributed by atoms with Crippen LogP contribution in [0, 0.1) is 5.82 Å². The van der Waals surface area contributed by atoms with Crippen LogP contribution in [-0.2, 0) is 12.1 Å². The van der Waals surface area contributed by atoms with Gasteiger partial charge in [0.15, 0.2) is 11.0 Å². The van der Waals surface area contributed by atoms with Crippen LogP contribution in [0.4, 0.5) is 14.9 Å². The number of halogens is 2. The minimum atomic E-state index is -0.537. The lowest BCUT2D eigenvalue weighted by molar-refractivity contribution is 0.102. The zero-order chi connectivity index (χ0) is 20.9. The van der Waals surface area contributed by atoms with Crippen LogP contribution in [0.15, 0.2) is 48.5 Å². The van der Waals surface area contributed by atoms with Crippen molar-refractivity contribution >= 4 is 23.4 Å². The van der Waals surface area contributed by atoms with Crippen molar-refractivity contribution in [2.45, 2.75) is 24.9 Å². The zero-order valence-corrected chi connectivity index (χ0v) is 16.4. The third-order valence-electron chi connectivity index (χ3n) is 5.38. The molecule has 2 aliphatic rings. The highest BCUT2D eigenvalue weighted by Gasteiger charge is 2.56. The molecule has 1 aliphatic heterocycles. The summed E-state index contributed by atoms with van der Waals surface area (Å²) in [6, 6.07) is 13.2. The normalized spacial score (nSPS) is 16.2. The number of ether oxygens (including phenoxy) is 2. The third-order valence-corrected chi connectivity index (χ3v) is 5.58. The lowest BCUT2D eigenvalue weighted by atomic mass is 9.99. The van der Waals surface area contributed by atoms with Crippen molar-refractivity contribution in [1.29, 1.82) is 0 Å². The van der Waals surface area contributed by atoms with Crippen molar-refractivity contribution in [3.05, 3.63) is 70.6 Å². The Balaban J connectivity index is 1.44. The Labute approximate surface area is 176 Å². The van der Waals surface area contributed by atoms with Gasteiger partial charge in [-0.05, 0) is 37.1 Å². The number of hydrogen-bond donors (Lipinski definition) is 1. The van der Waals surface area contributed by atoms with Crippen LogP contribution in [0.3, 0.4) is 0 Å². The molecule has 1 spiro atoms. The molecule has 152 valence electrons. The number of nitrogen functional groups attached to an aromatic ring is 1. The quantitative estimate of drug-likeness (QED) is 0.611. The van der Waals surface area contributed by atoms with Crippen molar-refractivity contribution in [3.8, 4) is 17.4 Å². The average molecular weight is 427 g/mol. The second kappa shape index (κ2) is 6.84. The van der Waals surface area contributed by atoms with E-state index in [1.807, 2.05) is 6.07 Å². The number of nitrogens with zero attached hydrogens (tertiary/aromatic N) is 3. The SMILES string of the molecule is Nc1cccc(CN2C(=O)Oc3cc(Oc4ccc(Cl)nn4)ccc3C23CC3)c1F. The maximum absolute atomic E-state index is 14.4. The van der Waals surface area contributed by atoms with Gasteiger partial charge < -0.3 is 15.2 Å². The number of carbonyl (C=O) groups is 1. The first-order valence-electron chi connectivity index (χ1n) is 9.30. The van der Waals surface area contributed by atoms with Gasteiger partial charge in [0.05, 0.1) is 17.8 Å². The average Bonchev–Trinajstić information content (AvgIpc) is 3.51. The summed E-state index contributed by atoms with van der Waals surface area (Å²) in [6.07, 6.45) is 0.995. The molecule has 0 atom stereocenters. The first-order chi connectivity index (χ1) is 14.5. The Hall–Kier alpha value is -3.39. The molecule has 1 saturated carbocycles. The second-order valence-electron chi connectivity index (χ2n) is 7.26. The Morgan fingerprint density at radius 1 is 1.20 bits per heavy atom. The fourth-order valence-electron chi connectivity index (χ4n) is 3.75. The molecule has 3 aromatic rings. The van der Waals surface area contributed by atoms with Crippen LogP contribution in [0.2, 0.25) is 5.15 Å². The smallest absolute Gasteiger partial charge is 0.416 e. The predicted octanol–water partition coefficient (Wildman–Crippen LogP) is 4.65. The molecule has 0 saturated heterocycles. The molecular weight excluding hydrogens is 411 g/mol. The van der Waals surface area contributed by atoms with E-state index in [9.17, 15) is 9.18 Å². The van der Waals surface area contributed by atoms with Crippen molar-refractivity contribution in [2.75, 3.05) is 5.73 Å². The van der Waals surface area contributed by atoms with Gasteiger partial charge in [-0.2, -0.15) is 0 Å². The summed E-state index contributed by atoms with van der Waals surface area (Å²) in [5, 5.41) is 7.84. The van der Waals surface area contributed by atoms with Gasteiger partial charge in [-0.3, -0.25) is 4.90 Å². The summed E-state index contributed by atoms with van der Waals surface area (Å²) in [5.74, 6) is 0.617. The molecule has 5 rings (SSSR count). The number of aromatic nitrogens is 2. The van der Waals surface area contributed by atoms with E-state index in [1.165, 1.54) is 6.07 Å². The van der Waals surface area contributed by atoms with Crippen LogP contribution in [0.1, 0.15) is 24.0 Å². The van der Waals surface area contributed by atoms with Crippen molar-refractivity contribution in [2.24, 2.45) is 0 Å². The molecule has 7 nitrogen and oxygen atoms in total. The summed E-state index contributed by atoms with van der Waals surface area (Å²) in [6.45, 7) is 0.0771. The third kappa shape index (κ3) is 3.09. The van der Waals surface area contributed by atoms with Crippen LogP contribution >= 0.6 is 11.6 Å². The zero-order valence-electron chi connectivity index (χ0n) is 15.6. The van der Waals surface area contributed by atoms with E-state index in [1.54, 1.807) is 41.3 Å². The molecule has 9 heteroatoms. The van der Waals surface area contributed by atoms with Crippen molar-refractivity contribution < 1.29 is 18.7 Å². The summed E-state index contributed by atoms with van der Waals surface area (Å²) in [4.78, 5) is 14.4. The largest absolute Gasteiger partial charge is 0.437 e. The molecule has 0 radical (unpaired) electrons. The summed E-state index contributed by atoms with van der Waals surface area (Å²) >= 11 is 5.73. The maximum atomic E-state index is 14.4. The maximum Gasteiger partial charge on any atom is 0.416 e. The highest BCUT2D eigenvalue weighted by atomic mass is 35.5. The number of rotatable bonds is 4. The predicted molar refractivity (Wildman–Crippen MR) is 107 cm³/mol. The van der Waals surface area contributed by atoms with Gasteiger partial charge >= 0.3 is 6.09 Å². The van der Waals surface area contributed by atoms with E-state index in [4.69, 9.17) is 26.8 Å². The minimum Gasteiger partial charge on any atom is -0.437 e. The first-order valence-corrected chi connectivity index (χ1v) is 9.68. The molecule has 1 fully saturated rings. The molecule has 1 aromatic heterocycles. The molecule has 2 heterocycles. The first kappa shape index (κ1) is 18.6. The molecule has 1 amide bonds. The van der Waals surface area contributed by atoms with E-state index in [2.05, 4.69) is 10.2 Å². The van der Waals surface area contributed by atoms with Crippen LogP contribution in [0.25, 0.3) is 0 Å². The van der Waals surface area contributed by atoms with E-state index in [-0.39, 0.29) is 23.3 Å². The summed E-state index contributed by atoms with van der Waals surface area (Å²) in [5.41, 5.74) is 6.42. The topological polar surface area (TPSA) is 90.6 Å². The van der Waals surface area contributed by atoms with Gasteiger partial charge in [-0.15, -0.1) is 10.2 Å². The van der Waals surface area contributed by atoms with Gasteiger partial charge in [0.1, 0.15) is 11.5 Å². The van der Waals surface area contributed by atoms with Crippen LogP contribution in [-0.4, -0.2) is 21.2 Å². The van der Waals surface area contributed by atoms with Gasteiger partial charge in [-0.1, -0.05) is 23.7 Å². The van der Waals surface area contributed by atoms with Crippen molar-refractivity contribution in [3.63, 3.8) is 0 Å². The number of carbonyl (C=O) groups excluding carboxylic acids is 1. The highest BCUT2D eigenvalue weighted by Crippen LogP contribution is 2.57. The standard InChI is InChI=1S/C21H16ClFN4O3/c22-17-6-7-18(26-25-17)29-13-4-5-14-16(10-13)30-20(28)27(21(14)8-9-21)11-12-2-1-3-15(24)19(12)23/h1-7,10H,8-9,11,24H2. The van der Waals surface area contributed by atoms with Crippen LogP contribution in [0.5, 0.6) is 17.4 Å². The van der Waals surface area contributed by atoms with E-state index in [0.29, 0.717) is 17.1 Å². The minimum absolute atomic E-state index is 0.0511. The van der Waals surface area contributed by atoms with E-state index in [0.717, 1.165) is 18.4 Å². The highest BCUT2D eigenvalue weighted by molar-refractivity contribution is 6.29. The molecule has 0 unspecified atom stereocenters. The number of anilines is 1. The van der Waals surface area contributed by atoms with E-state index >= 15 is 0 Å². The van der Waals surface area contributed by atoms with Gasteiger partial charge in [0.2, 0.25) is 5.88 Å². The fourth-order valence-corrected chi connectivity index (χ4v) is 3.85. The van der Waals surface area contributed by atoms with E-state index < -0.39 is 17.4 Å².